The van der Waals surface area contributed by atoms with Gasteiger partial charge in [-0.1, -0.05) is 39.4 Å². The summed E-state index contributed by atoms with van der Waals surface area (Å²) in [6, 6.07) is 14.1. The van der Waals surface area contributed by atoms with Gasteiger partial charge in [0.15, 0.2) is 0 Å². The Hall–Kier alpha value is -1.90. The van der Waals surface area contributed by atoms with Gasteiger partial charge in [-0.3, -0.25) is 14.2 Å². The lowest BCUT2D eigenvalue weighted by molar-refractivity contribution is -0.116. The van der Waals surface area contributed by atoms with E-state index in [2.05, 4.69) is 39.4 Å². The summed E-state index contributed by atoms with van der Waals surface area (Å²) in [6.07, 6.45) is 3.82. The predicted molar refractivity (Wildman–Crippen MR) is 134 cm³/mol. The molecule has 0 unspecified atom stereocenters. The van der Waals surface area contributed by atoms with Crippen LogP contribution >= 0.6 is 39.0 Å². The standard InChI is InChI=1S/C25H22BrFN2O2S2/c26-16-3-1-2-13(11-16)21-20-14-4-5-15(10-14)22(20)32-24-23(21)33-25(31)29(24)12-19(30)28-18-8-6-17(27)7-9-18/h1-3,6-9,11,14-15,20-22H,4-5,10,12H2,(H,28,30)/t14-,15-,20-,21-,22+/m0/s1. The van der Waals surface area contributed by atoms with Gasteiger partial charge in [0, 0.05) is 26.2 Å². The smallest absolute Gasteiger partial charge is 0.308 e. The van der Waals surface area contributed by atoms with Crippen molar-refractivity contribution in [1.29, 1.82) is 0 Å². The van der Waals surface area contributed by atoms with Crippen LogP contribution in [0.25, 0.3) is 0 Å². The first-order valence-corrected chi connectivity index (χ1v) is 13.7. The molecule has 8 heteroatoms. The summed E-state index contributed by atoms with van der Waals surface area (Å²) < 4.78 is 15.9. The number of nitrogens with one attached hydrogen (secondary N) is 1. The maximum atomic E-state index is 13.2. The average Bonchev–Trinajstić information content (AvgIpc) is 3.48. The fourth-order valence-electron chi connectivity index (χ4n) is 6.04. The summed E-state index contributed by atoms with van der Waals surface area (Å²) >= 11 is 6.74. The normalized spacial score (nSPS) is 27.3. The van der Waals surface area contributed by atoms with Crippen molar-refractivity contribution in [2.24, 2.45) is 17.8 Å². The molecule has 1 amide bonds. The predicted octanol–water partition coefficient (Wildman–Crippen LogP) is 6.10. The Balaban J connectivity index is 1.37. The third-order valence-electron chi connectivity index (χ3n) is 7.33. The van der Waals surface area contributed by atoms with Crippen molar-refractivity contribution in [2.75, 3.05) is 5.32 Å². The molecule has 2 aromatic carbocycles. The summed E-state index contributed by atoms with van der Waals surface area (Å²) in [5.74, 6) is 1.49. The Morgan fingerprint density at radius 2 is 1.94 bits per heavy atom. The summed E-state index contributed by atoms with van der Waals surface area (Å²) in [6.45, 7) is -0.0360. The van der Waals surface area contributed by atoms with Gasteiger partial charge in [-0.15, -0.1) is 11.8 Å². The van der Waals surface area contributed by atoms with Crippen LogP contribution in [-0.4, -0.2) is 15.7 Å². The molecule has 1 aliphatic heterocycles. The lowest BCUT2D eigenvalue weighted by Gasteiger charge is -2.40. The minimum atomic E-state index is -0.355. The molecular weight excluding hydrogens is 523 g/mol. The Kier molecular flexibility index (Phi) is 5.50. The van der Waals surface area contributed by atoms with E-state index in [1.54, 1.807) is 4.57 Å². The summed E-state index contributed by atoms with van der Waals surface area (Å²) in [5, 5.41) is 4.23. The molecule has 2 fully saturated rings. The largest absolute Gasteiger partial charge is 0.325 e. The second-order valence-electron chi connectivity index (χ2n) is 9.20. The molecule has 6 rings (SSSR count). The van der Waals surface area contributed by atoms with Crippen LogP contribution in [0.5, 0.6) is 0 Å². The van der Waals surface area contributed by atoms with Gasteiger partial charge >= 0.3 is 4.87 Å². The van der Waals surface area contributed by atoms with Gasteiger partial charge in [0.05, 0.1) is 5.03 Å². The zero-order valence-electron chi connectivity index (χ0n) is 17.7. The van der Waals surface area contributed by atoms with Crippen molar-refractivity contribution in [2.45, 2.75) is 42.0 Å². The van der Waals surface area contributed by atoms with Crippen molar-refractivity contribution >= 4 is 50.6 Å². The topological polar surface area (TPSA) is 51.1 Å². The second-order valence-corrected chi connectivity index (χ2v) is 12.3. The molecule has 2 saturated carbocycles. The Labute approximate surface area is 207 Å². The third-order valence-corrected chi connectivity index (χ3v) is 10.6. The van der Waals surface area contributed by atoms with Crippen molar-refractivity contribution in [3.8, 4) is 0 Å². The molecule has 5 atom stereocenters. The van der Waals surface area contributed by atoms with Crippen molar-refractivity contribution in [3.05, 3.63) is 78.9 Å². The van der Waals surface area contributed by atoms with Crippen LogP contribution in [0.1, 0.15) is 35.6 Å². The number of fused-ring (bicyclic) bond motifs is 6. The molecule has 0 spiro atoms. The van der Waals surface area contributed by atoms with E-state index in [-0.39, 0.29) is 29.1 Å². The molecule has 2 heterocycles. The zero-order valence-corrected chi connectivity index (χ0v) is 20.9. The first-order valence-electron chi connectivity index (χ1n) is 11.2. The highest BCUT2D eigenvalue weighted by Gasteiger charge is 2.55. The Bertz CT molecular complexity index is 1290. The minimum Gasteiger partial charge on any atom is -0.325 e. The SMILES string of the molecule is O=C(Cn1c2c(sc1=O)[C@@H](c1cccc(Br)c1)[C@@H]1[C@H]3CC[C@@H](C3)[C@H]1S2)Nc1ccc(F)cc1. The molecule has 1 N–H and O–H groups in total. The maximum Gasteiger partial charge on any atom is 0.308 e. The lowest BCUT2D eigenvalue weighted by Crippen LogP contribution is -2.34. The highest BCUT2D eigenvalue weighted by atomic mass is 79.9. The number of halogens is 2. The molecule has 3 aromatic rings. The monoisotopic (exact) mass is 544 g/mol. The fraction of sp³-hybridized carbons (Fsp3) is 0.360. The van der Waals surface area contributed by atoms with Gasteiger partial charge in [-0.05, 0) is 79.0 Å². The number of anilines is 1. The van der Waals surface area contributed by atoms with Crippen LogP contribution in [0.15, 0.2) is 62.8 Å². The second kappa shape index (κ2) is 8.40. The first-order chi connectivity index (χ1) is 16.0. The van der Waals surface area contributed by atoms with E-state index < -0.39 is 0 Å². The van der Waals surface area contributed by atoms with Crippen molar-refractivity contribution < 1.29 is 9.18 Å². The van der Waals surface area contributed by atoms with Gasteiger partial charge in [0.25, 0.3) is 0 Å². The number of rotatable bonds is 4. The molecular formula is C25H22BrFN2O2S2. The molecule has 4 nitrogen and oxygen atoms in total. The molecule has 1 aromatic heterocycles. The van der Waals surface area contributed by atoms with Gasteiger partial charge in [-0.2, -0.15) is 0 Å². The number of carbonyl (C=O) groups is 1. The Morgan fingerprint density at radius 3 is 2.73 bits per heavy atom. The molecule has 33 heavy (non-hydrogen) atoms. The molecule has 0 saturated heterocycles. The van der Waals surface area contributed by atoms with Crippen LogP contribution < -0.4 is 10.2 Å². The summed E-state index contributed by atoms with van der Waals surface area (Å²) in [4.78, 5) is 26.9. The van der Waals surface area contributed by atoms with E-state index in [0.29, 0.717) is 28.7 Å². The first kappa shape index (κ1) is 21.6. The number of nitrogens with zero attached hydrogens (tertiary/aromatic N) is 1. The number of hydrogen-bond donors (Lipinski definition) is 1. The molecule has 3 aliphatic rings. The van der Waals surface area contributed by atoms with E-state index in [9.17, 15) is 14.0 Å². The van der Waals surface area contributed by atoms with Gasteiger partial charge < -0.3 is 5.32 Å². The van der Waals surface area contributed by atoms with Crippen LogP contribution in [0.4, 0.5) is 10.1 Å². The number of amides is 1. The average molecular weight is 545 g/mol. The van der Waals surface area contributed by atoms with E-state index in [4.69, 9.17) is 0 Å². The van der Waals surface area contributed by atoms with Crippen LogP contribution in [0.3, 0.4) is 0 Å². The Morgan fingerprint density at radius 1 is 1.15 bits per heavy atom. The number of benzene rings is 2. The highest BCUT2D eigenvalue weighted by Crippen LogP contribution is 2.64. The van der Waals surface area contributed by atoms with Crippen molar-refractivity contribution in [3.63, 3.8) is 0 Å². The van der Waals surface area contributed by atoms with E-state index >= 15 is 0 Å². The van der Waals surface area contributed by atoms with Crippen LogP contribution in [0, 0.1) is 23.6 Å². The van der Waals surface area contributed by atoms with Gasteiger partial charge in [-0.25, -0.2) is 4.39 Å². The summed E-state index contributed by atoms with van der Waals surface area (Å²) in [7, 11) is 0. The van der Waals surface area contributed by atoms with Crippen LogP contribution in [-0.2, 0) is 11.3 Å². The van der Waals surface area contributed by atoms with Crippen molar-refractivity contribution in [1.82, 2.24) is 4.57 Å². The minimum absolute atomic E-state index is 0.0360. The van der Waals surface area contributed by atoms with Crippen LogP contribution in [0.2, 0.25) is 0 Å². The quantitative estimate of drug-likeness (QED) is 0.431. The van der Waals surface area contributed by atoms with Gasteiger partial charge in [0.2, 0.25) is 5.91 Å². The maximum absolute atomic E-state index is 13.2. The molecule has 2 aliphatic carbocycles. The number of aromatic nitrogens is 1. The number of thioether (sulfide) groups is 1. The third kappa shape index (κ3) is 3.80. The number of carbonyl (C=O) groups excluding carboxylic acids is 1. The zero-order chi connectivity index (χ0) is 22.7. The number of hydrogen-bond acceptors (Lipinski definition) is 4. The van der Waals surface area contributed by atoms with E-state index in [1.165, 1.54) is 60.4 Å². The molecule has 2 bridgehead atoms. The molecule has 0 radical (unpaired) electrons. The lowest BCUT2D eigenvalue weighted by atomic mass is 9.75. The number of thiazole rings is 1. The summed E-state index contributed by atoms with van der Waals surface area (Å²) in [5.41, 5.74) is 1.77. The van der Waals surface area contributed by atoms with E-state index in [1.807, 2.05) is 17.8 Å². The van der Waals surface area contributed by atoms with E-state index in [0.717, 1.165) is 14.4 Å². The molecule has 170 valence electrons. The van der Waals surface area contributed by atoms with Gasteiger partial charge in [0.1, 0.15) is 12.4 Å². The fourth-order valence-corrected chi connectivity index (χ4v) is 9.61. The highest BCUT2D eigenvalue weighted by molar-refractivity contribution is 9.10.